The maximum Gasteiger partial charge on any atom is 0.231 e. The number of fused-ring (bicyclic) bond motifs is 1. The summed E-state index contributed by atoms with van der Waals surface area (Å²) in [5.41, 5.74) is 2.95. The smallest absolute Gasteiger partial charge is 0.231 e. The monoisotopic (exact) mass is 316 g/mol. The van der Waals surface area contributed by atoms with E-state index in [-0.39, 0.29) is 0 Å². The molecule has 3 rings (SSSR count). The Labute approximate surface area is 134 Å². The molecule has 0 fully saturated rings. The van der Waals surface area contributed by atoms with E-state index < -0.39 is 0 Å². The van der Waals surface area contributed by atoms with E-state index in [2.05, 4.69) is 45.7 Å². The Balaban J connectivity index is 1.76. The van der Waals surface area contributed by atoms with Gasteiger partial charge < -0.3 is 9.64 Å². The lowest BCUT2D eigenvalue weighted by Crippen LogP contribution is -2.28. The highest BCUT2D eigenvalue weighted by Gasteiger charge is 2.09. The third-order valence-electron chi connectivity index (χ3n) is 3.71. The van der Waals surface area contributed by atoms with Crippen molar-refractivity contribution in [1.29, 1.82) is 0 Å². The van der Waals surface area contributed by atoms with E-state index in [4.69, 9.17) is 4.74 Å². The molecule has 0 amide bonds. The van der Waals surface area contributed by atoms with Gasteiger partial charge in [0.25, 0.3) is 0 Å². The molecule has 0 atom stereocenters. The highest BCUT2D eigenvalue weighted by Crippen LogP contribution is 2.23. The molecule has 3 aromatic rings. The Bertz CT molecular complexity index is 719. The molecule has 6 heteroatoms. The van der Waals surface area contributed by atoms with Crippen LogP contribution in [0.4, 0.5) is 0 Å². The molecule has 3 aromatic heterocycles. The average Bonchev–Trinajstić information content (AvgIpc) is 3.20. The van der Waals surface area contributed by atoms with Crippen molar-refractivity contribution in [3.8, 4) is 17.1 Å². The van der Waals surface area contributed by atoms with E-state index in [0.717, 1.165) is 36.5 Å². The molecule has 0 aromatic carbocycles. The Morgan fingerprint density at radius 1 is 1.23 bits per heavy atom. The number of imidazole rings is 1. The molecule has 0 N–H and O–H groups in total. The van der Waals surface area contributed by atoms with Crippen LogP contribution in [0.25, 0.3) is 16.9 Å². The topological polar surface area (TPSA) is 42.7 Å². The summed E-state index contributed by atoms with van der Waals surface area (Å²) in [5, 5.41) is 8.71. The number of nitrogens with zero attached hydrogens (tertiary/aromatic N) is 4. The van der Waals surface area contributed by atoms with Crippen LogP contribution in [0, 0.1) is 0 Å². The van der Waals surface area contributed by atoms with Gasteiger partial charge in [0.05, 0.1) is 11.9 Å². The van der Waals surface area contributed by atoms with E-state index in [1.54, 1.807) is 11.3 Å². The van der Waals surface area contributed by atoms with Crippen molar-refractivity contribution in [3.63, 3.8) is 0 Å². The fourth-order valence-electron chi connectivity index (χ4n) is 2.36. The van der Waals surface area contributed by atoms with Crippen LogP contribution in [0.15, 0.2) is 35.2 Å². The van der Waals surface area contributed by atoms with Crippen LogP contribution in [0.2, 0.25) is 0 Å². The highest BCUT2D eigenvalue weighted by atomic mass is 32.1. The summed E-state index contributed by atoms with van der Waals surface area (Å²) >= 11 is 1.67. The first-order chi connectivity index (χ1) is 10.8. The number of thiophene rings is 1. The predicted molar refractivity (Wildman–Crippen MR) is 89.6 cm³/mol. The number of aromatic nitrogens is 3. The molecule has 0 radical (unpaired) electrons. The summed E-state index contributed by atoms with van der Waals surface area (Å²) in [6.07, 6.45) is 1.85. The zero-order chi connectivity index (χ0) is 15.4. The summed E-state index contributed by atoms with van der Waals surface area (Å²) in [6, 6.07) is 5.89. The van der Waals surface area contributed by atoms with Crippen LogP contribution in [0.1, 0.15) is 13.8 Å². The van der Waals surface area contributed by atoms with E-state index in [1.165, 1.54) is 0 Å². The van der Waals surface area contributed by atoms with Crippen molar-refractivity contribution in [2.24, 2.45) is 0 Å². The molecule has 0 spiro atoms. The molecule has 0 aliphatic heterocycles. The predicted octanol–water partition coefficient (Wildman–Crippen LogP) is 3.18. The van der Waals surface area contributed by atoms with E-state index >= 15 is 0 Å². The van der Waals surface area contributed by atoms with Gasteiger partial charge >= 0.3 is 0 Å². The van der Waals surface area contributed by atoms with Crippen molar-refractivity contribution < 1.29 is 4.74 Å². The van der Waals surface area contributed by atoms with Crippen LogP contribution in [0.5, 0.6) is 5.88 Å². The number of hydrogen-bond donors (Lipinski definition) is 0. The van der Waals surface area contributed by atoms with E-state index in [9.17, 15) is 0 Å². The molecular formula is C16H20N4OS. The summed E-state index contributed by atoms with van der Waals surface area (Å²) in [7, 11) is 0. The van der Waals surface area contributed by atoms with Gasteiger partial charge in [-0.25, -0.2) is 9.50 Å². The van der Waals surface area contributed by atoms with Crippen molar-refractivity contribution in [2.75, 3.05) is 26.2 Å². The molecule has 0 aliphatic rings. The number of likely N-dealkylation sites (N-methyl/N-ethyl adjacent to an activating group) is 1. The number of hydrogen-bond acceptors (Lipinski definition) is 5. The number of ether oxygens (including phenoxy) is 1. The molecule has 22 heavy (non-hydrogen) atoms. The van der Waals surface area contributed by atoms with Crippen LogP contribution in [0.3, 0.4) is 0 Å². The highest BCUT2D eigenvalue weighted by molar-refractivity contribution is 7.08. The second-order valence-corrected chi connectivity index (χ2v) is 5.75. The van der Waals surface area contributed by atoms with Gasteiger partial charge in [0.1, 0.15) is 6.61 Å². The second kappa shape index (κ2) is 6.89. The first-order valence-corrected chi connectivity index (χ1v) is 8.48. The molecule has 3 heterocycles. The van der Waals surface area contributed by atoms with Gasteiger partial charge in [-0.2, -0.15) is 11.3 Å². The lowest BCUT2D eigenvalue weighted by molar-refractivity contribution is 0.216. The Morgan fingerprint density at radius 2 is 2.09 bits per heavy atom. The number of rotatable bonds is 7. The van der Waals surface area contributed by atoms with Crippen LogP contribution < -0.4 is 4.74 Å². The fourth-order valence-corrected chi connectivity index (χ4v) is 3.01. The first-order valence-electron chi connectivity index (χ1n) is 7.54. The minimum Gasteiger partial charge on any atom is -0.475 e. The average molecular weight is 316 g/mol. The molecule has 0 bridgehead atoms. The van der Waals surface area contributed by atoms with Crippen LogP contribution in [-0.2, 0) is 0 Å². The third-order valence-corrected chi connectivity index (χ3v) is 4.39. The second-order valence-electron chi connectivity index (χ2n) is 4.97. The Hall–Kier alpha value is -1.92. The minimum absolute atomic E-state index is 0.633. The summed E-state index contributed by atoms with van der Waals surface area (Å²) in [6.45, 7) is 7.95. The quantitative estimate of drug-likeness (QED) is 0.671. The van der Waals surface area contributed by atoms with Gasteiger partial charge in [-0.1, -0.05) is 13.8 Å². The van der Waals surface area contributed by atoms with Gasteiger partial charge in [0.15, 0.2) is 5.65 Å². The lowest BCUT2D eigenvalue weighted by Gasteiger charge is -2.17. The SMILES string of the molecule is CCN(CC)CCOc1ccc2ncc(-c3ccsc3)n2n1. The van der Waals surface area contributed by atoms with Gasteiger partial charge in [-0.3, -0.25) is 0 Å². The maximum absolute atomic E-state index is 5.79. The van der Waals surface area contributed by atoms with Crippen molar-refractivity contribution in [2.45, 2.75) is 13.8 Å². The molecule has 116 valence electrons. The van der Waals surface area contributed by atoms with Crippen LogP contribution >= 0.6 is 11.3 Å². The molecule has 5 nitrogen and oxygen atoms in total. The zero-order valence-electron chi connectivity index (χ0n) is 12.9. The zero-order valence-corrected chi connectivity index (χ0v) is 13.7. The molecule has 0 saturated heterocycles. The first kappa shape index (κ1) is 15.0. The molecule has 0 aliphatic carbocycles. The molecular weight excluding hydrogens is 296 g/mol. The molecule has 0 unspecified atom stereocenters. The van der Waals surface area contributed by atoms with Crippen molar-refractivity contribution >= 4 is 17.0 Å². The van der Waals surface area contributed by atoms with Crippen molar-refractivity contribution in [3.05, 3.63) is 35.2 Å². The lowest BCUT2D eigenvalue weighted by atomic mass is 10.3. The van der Waals surface area contributed by atoms with Gasteiger partial charge in [0.2, 0.25) is 5.88 Å². The standard InChI is InChI=1S/C16H20N4OS/c1-3-19(4-2)8-9-21-16-6-5-15-17-11-14(20(15)18-16)13-7-10-22-12-13/h5-7,10-12H,3-4,8-9H2,1-2H3. The summed E-state index contributed by atoms with van der Waals surface area (Å²) in [5.74, 6) is 0.633. The third kappa shape index (κ3) is 3.13. The Kier molecular flexibility index (Phi) is 4.70. The van der Waals surface area contributed by atoms with Gasteiger partial charge in [0, 0.05) is 23.6 Å². The molecule has 0 saturated carbocycles. The Morgan fingerprint density at radius 3 is 2.82 bits per heavy atom. The summed E-state index contributed by atoms with van der Waals surface area (Å²) < 4.78 is 7.63. The minimum atomic E-state index is 0.633. The van der Waals surface area contributed by atoms with Gasteiger partial charge in [-0.15, -0.1) is 5.10 Å². The van der Waals surface area contributed by atoms with Crippen molar-refractivity contribution in [1.82, 2.24) is 19.5 Å². The summed E-state index contributed by atoms with van der Waals surface area (Å²) in [4.78, 5) is 6.72. The van der Waals surface area contributed by atoms with E-state index in [0.29, 0.717) is 12.5 Å². The van der Waals surface area contributed by atoms with Gasteiger partial charge in [-0.05, 0) is 30.6 Å². The maximum atomic E-state index is 5.79. The normalized spacial score (nSPS) is 11.4. The van der Waals surface area contributed by atoms with Crippen LogP contribution in [-0.4, -0.2) is 45.7 Å². The largest absolute Gasteiger partial charge is 0.475 e. The van der Waals surface area contributed by atoms with E-state index in [1.807, 2.05) is 22.8 Å². The fraction of sp³-hybridized carbons (Fsp3) is 0.375.